The Balaban J connectivity index is 2.02. The highest BCUT2D eigenvalue weighted by atomic mass is 35.5. The molecule has 3 aromatic rings. The van der Waals surface area contributed by atoms with E-state index >= 15 is 0 Å². The van der Waals surface area contributed by atoms with Crippen LogP contribution >= 0.6 is 11.6 Å². The predicted molar refractivity (Wildman–Crippen MR) is 97.9 cm³/mol. The van der Waals surface area contributed by atoms with Gasteiger partial charge in [0.25, 0.3) is 5.56 Å². The predicted octanol–water partition coefficient (Wildman–Crippen LogP) is 3.81. The Kier molecular flexibility index (Phi) is 4.62. The number of aromatic nitrogens is 1. The number of nitrogen functional groups attached to an aromatic ring is 1. The summed E-state index contributed by atoms with van der Waals surface area (Å²) in [4.78, 5) is 14.3. The van der Waals surface area contributed by atoms with Gasteiger partial charge in [-0.1, -0.05) is 23.7 Å². The topological polar surface area (TPSA) is 116 Å². The maximum absolute atomic E-state index is 12.0. The van der Waals surface area contributed by atoms with Crippen LogP contribution in [-0.4, -0.2) is 4.98 Å². The zero-order valence-corrected chi connectivity index (χ0v) is 14.0. The molecule has 0 saturated carbocycles. The number of pyridine rings is 1. The molecular weight excluding hydrogens is 352 g/mol. The van der Waals surface area contributed by atoms with E-state index in [2.05, 4.69) is 4.98 Å². The number of anilines is 1. The molecule has 7 heteroatoms. The second-order valence-corrected chi connectivity index (χ2v) is 5.73. The van der Waals surface area contributed by atoms with Gasteiger partial charge in [-0.2, -0.15) is 10.5 Å². The summed E-state index contributed by atoms with van der Waals surface area (Å²) in [7, 11) is 0. The molecule has 0 fully saturated rings. The molecule has 0 aliphatic rings. The van der Waals surface area contributed by atoms with Crippen LogP contribution in [0.3, 0.4) is 0 Å². The lowest BCUT2D eigenvalue weighted by Gasteiger charge is -2.10. The summed E-state index contributed by atoms with van der Waals surface area (Å²) in [6.45, 7) is 0. The average molecular weight is 363 g/mol. The van der Waals surface area contributed by atoms with Gasteiger partial charge >= 0.3 is 0 Å². The smallest absolute Gasteiger partial charge is 0.268 e. The van der Waals surface area contributed by atoms with Crippen LogP contribution in [0.2, 0.25) is 5.02 Å². The number of aromatic amines is 1. The quantitative estimate of drug-likeness (QED) is 0.734. The molecule has 1 aromatic heterocycles. The monoisotopic (exact) mass is 362 g/mol. The van der Waals surface area contributed by atoms with Gasteiger partial charge in [-0.25, -0.2) is 0 Å². The molecule has 26 heavy (non-hydrogen) atoms. The number of hydrogen-bond acceptors (Lipinski definition) is 5. The second kappa shape index (κ2) is 7.02. The number of nitrogens with two attached hydrogens (primary N) is 1. The number of nitriles is 2. The lowest BCUT2D eigenvalue weighted by molar-refractivity contribution is 0.483. The van der Waals surface area contributed by atoms with Crippen molar-refractivity contribution < 1.29 is 4.74 Å². The van der Waals surface area contributed by atoms with Crippen molar-refractivity contribution in [1.82, 2.24) is 4.98 Å². The number of nitrogens with one attached hydrogen (secondary N) is 1. The third-order valence-corrected chi connectivity index (χ3v) is 3.91. The van der Waals surface area contributed by atoms with Crippen molar-refractivity contribution in [3.8, 4) is 34.8 Å². The molecule has 1 heterocycles. The summed E-state index contributed by atoms with van der Waals surface area (Å²) in [5.41, 5.74) is 5.68. The minimum atomic E-state index is -0.638. The number of nitrogens with zero attached hydrogens (tertiary/aromatic N) is 2. The van der Waals surface area contributed by atoms with E-state index in [1.165, 1.54) is 0 Å². The fourth-order valence-electron chi connectivity index (χ4n) is 2.46. The van der Waals surface area contributed by atoms with Gasteiger partial charge in [0.1, 0.15) is 40.6 Å². The molecule has 3 N–H and O–H groups in total. The van der Waals surface area contributed by atoms with Crippen LogP contribution in [0.5, 0.6) is 11.5 Å². The largest absolute Gasteiger partial charge is 0.457 e. The van der Waals surface area contributed by atoms with Crippen molar-refractivity contribution in [1.29, 1.82) is 10.5 Å². The number of hydrogen-bond donors (Lipinski definition) is 2. The van der Waals surface area contributed by atoms with Gasteiger partial charge in [-0.05, 0) is 42.0 Å². The Morgan fingerprint density at radius 1 is 0.923 bits per heavy atom. The first-order chi connectivity index (χ1) is 12.5. The Morgan fingerprint density at radius 2 is 1.46 bits per heavy atom. The molecule has 0 aliphatic carbocycles. The first kappa shape index (κ1) is 17.1. The normalized spacial score (nSPS) is 9.96. The molecular formula is C19H11ClN4O2. The number of H-pyrrole nitrogens is 1. The molecule has 0 saturated heterocycles. The van der Waals surface area contributed by atoms with Crippen LogP contribution in [-0.2, 0) is 0 Å². The fourth-order valence-corrected chi connectivity index (χ4v) is 2.59. The molecule has 126 valence electrons. The van der Waals surface area contributed by atoms with Crippen molar-refractivity contribution >= 4 is 17.4 Å². The third kappa shape index (κ3) is 3.23. The lowest BCUT2D eigenvalue weighted by atomic mass is 9.96. The van der Waals surface area contributed by atoms with Crippen molar-refractivity contribution in [3.05, 3.63) is 75.0 Å². The summed E-state index contributed by atoms with van der Waals surface area (Å²) in [5.74, 6) is 1.08. The summed E-state index contributed by atoms with van der Waals surface area (Å²) >= 11 is 5.84. The Bertz CT molecular complexity index is 1100. The Morgan fingerprint density at radius 3 is 2.00 bits per heavy atom. The Labute approximate surface area is 153 Å². The number of benzene rings is 2. The van der Waals surface area contributed by atoms with Gasteiger partial charge in [-0.15, -0.1) is 0 Å². The van der Waals surface area contributed by atoms with Gasteiger partial charge in [0.15, 0.2) is 0 Å². The van der Waals surface area contributed by atoms with Gasteiger partial charge in [0.2, 0.25) is 0 Å². The molecule has 3 rings (SSSR count). The summed E-state index contributed by atoms with van der Waals surface area (Å²) in [5, 5.41) is 19.2. The van der Waals surface area contributed by atoms with Crippen LogP contribution in [0.4, 0.5) is 5.82 Å². The van der Waals surface area contributed by atoms with Gasteiger partial charge in [0.05, 0.1) is 0 Å². The maximum Gasteiger partial charge on any atom is 0.268 e. The summed E-state index contributed by atoms with van der Waals surface area (Å²) in [6.07, 6.45) is 0. The average Bonchev–Trinajstić information content (AvgIpc) is 2.64. The Hall–Kier alpha value is -3.74. The number of ether oxygens (including phenoxy) is 1. The molecule has 2 aromatic carbocycles. The van der Waals surface area contributed by atoms with E-state index in [4.69, 9.17) is 22.1 Å². The minimum absolute atomic E-state index is 0.0486. The molecule has 0 amide bonds. The number of halogens is 1. The summed E-state index contributed by atoms with van der Waals surface area (Å²) in [6, 6.07) is 17.3. The highest BCUT2D eigenvalue weighted by Crippen LogP contribution is 2.30. The van der Waals surface area contributed by atoms with Crippen LogP contribution in [0.15, 0.2) is 53.3 Å². The number of rotatable bonds is 3. The summed E-state index contributed by atoms with van der Waals surface area (Å²) < 4.78 is 5.70. The van der Waals surface area contributed by atoms with Crippen molar-refractivity contribution in [2.45, 2.75) is 0 Å². The van der Waals surface area contributed by atoms with E-state index in [-0.39, 0.29) is 22.5 Å². The lowest BCUT2D eigenvalue weighted by Crippen LogP contribution is -2.16. The zero-order valence-electron chi connectivity index (χ0n) is 13.3. The second-order valence-electron chi connectivity index (χ2n) is 5.30. The van der Waals surface area contributed by atoms with E-state index in [0.29, 0.717) is 22.1 Å². The molecule has 0 spiro atoms. The maximum atomic E-state index is 12.0. The SMILES string of the molecule is N#Cc1c(N)[nH]c(=O)c(C#N)c1-c1ccc(Oc2ccc(Cl)cc2)cc1. The highest BCUT2D eigenvalue weighted by molar-refractivity contribution is 6.30. The van der Waals surface area contributed by atoms with E-state index in [1.807, 2.05) is 12.1 Å². The van der Waals surface area contributed by atoms with E-state index in [9.17, 15) is 15.3 Å². The van der Waals surface area contributed by atoms with Crippen LogP contribution < -0.4 is 16.0 Å². The van der Waals surface area contributed by atoms with E-state index < -0.39 is 5.56 Å². The van der Waals surface area contributed by atoms with E-state index in [0.717, 1.165) is 0 Å². The van der Waals surface area contributed by atoms with Crippen molar-refractivity contribution in [2.75, 3.05) is 5.73 Å². The van der Waals surface area contributed by atoms with Crippen LogP contribution in [0.25, 0.3) is 11.1 Å². The minimum Gasteiger partial charge on any atom is -0.457 e. The van der Waals surface area contributed by atoms with Crippen molar-refractivity contribution in [3.63, 3.8) is 0 Å². The fraction of sp³-hybridized carbons (Fsp3) is 0. The standard InChI is InChI=1S/C19H11ClN4O2/c20-12-3-7-14(8-4-12)26-13-5-1-11(2-6-13)17-15(9-21)18(23)24-19(25)16(17)10-22/h1-8H,(H3,23,24,25). The van der Waals surface area contributed by atoms with Crippen LogP contribution in [0, 0.1) is 22.7 Å². The molecule has 0 unspecified atom stereocenters. The first-order valence-electron chi connectivity index (χ1n) is 7.43. The third-order valence-electron chi connectivity index (χ3n) is 3.66. The van der Waals surface area contributed by atoms with Gasteiger partial charge in [-0.3, -0.25) is 4.79 Å². The van der Waals surface area contributed by atoms with Gasteiger partial charge < -0.3 is 15.5 Å². The first-order valence-corrected chi connectivity index (χ1v) is 7.81. The molecule has 0 bridgehead atoms. The zero-order chi connectivity index (χ0) is 18.7. The molecule has 6 nitrogen and oxygen atoms in total. The van der Waals surface area contributed by atoms with E-state index in [1.54, 1.807) is 48.5 Å². The van der Waals surface area contributed by atoms with Crippen LogP contribution in [0.1, 0.15) is 11.1 Å². The molecule has 0 atom stereocenters. The highest BCUT2D eigenvalue weighted by Gasteiger charge is 2.18. The molecule has 0 aliphatic heterocycles. The van der Waals surface area contributed by atoms with Crippen molar-refractivity contribution in [2.24, 2.45) is 0 Å². The van der Waals surface area contributed by atoms with Gasteiger partial charge in [0, 0.05) is 10.6 Å². The molecule has 0 radical (unpaired) electrons.